The number of aromatic nitrogens is 2. The maximum Gasteiger partial charge on any atom is 0.265 e. The summed E-state index contributed by atoms with van der Waals surface area (Å²) < 4.78 is 13.0. The first kappa shape index (κ1) is 18.7. The Hall–Kier alpha value is -3.61. The van der Waals surface area contributed by atoms with Gasteiger partial charge in [-0.2, -0.15) is 0 Å². The summed E-state index contributed by atoms with van der Waals surface area (Å²) in [6.45, 7) is 2.38. The van der Waals surface area contributed by atoms with E-state index in [2.05, 4.69) is 10.3 Å². The number of carbonyl (C=O) groups excluding carboxylic acids is 1. The highest BCUT2D eigenvalue weighted by atomic mass is 16.6. The van der Waals surface area contributed by atoms with E-state index in [1.165, 1.54) is 17.0 Å². The normalized spacial score (nSPS) is 17.6. The summed E-state index contributed by atoms with van der Waals surface area (Å²) in [6.07, 6.45) is 0.329. The Kier molecular flexibility index (Phi) is 5.29. The molecule has 148 valence electrons. The number of nitrogens with zero attached hydrogens (tertiary/aromatic N) is 2. The minimum Gasteiger partial charge on any atom is -0.482 e. The number of carbonyl (C=O) groups is 1. The van der Waals surface area contributed by atoms with Crippen LogP contribution in [0.5, 0.6) is 11.5 Å². The molecular formula is C22H21N3O4. The van der Waals surface area contributed by atoms with E-state index in [0.29, 0.717) is 23.7 Å². The number of rotatable bonds is 5. The first-order chi connectivity index (χ1) is 14.1. The lowest BCUT2D eigenvalue weighted by Gasteiger charge is -2.31. The molecule has 7 heteroatoms. The molecule has 0 saturated carbocycles. The SMILES string of the molecule is CC1Oc2ccccc2OC1C(=O)NCCn1cnc(-c2ccccc2)cc1=O. The average molecular weight is 391 g/mol. The molecule has 0 aliphatic carbocycles. The van der Waals surface area contributed by atoms with E-state index in [1.807, 2.05) is 42.5 Å². The fourth-order valence-corrected chi connectivity index (χ4v) is 3.17. The Bertz CT molecular complexity index is 1060. The van der Waals surface area contributed by atoms with E-state index in [4.69, 9.17) is 9.47 Å². The number of benzene rings is 2. The largest absolute Gasteiger partial charge is 0.482 e. The van der Waals surface area contributed by atoms with Gasteiger partial charge < -0.3 is 14.8 Å². The van der Waals surface area contributed by atoms with Crippen LogP contribution in [0, 0.1) is 0 Å². The van der Waals surface area contributed by atoms with Crippen LogP contribution in [0.3, 0.4) is 0 Å². The average Bonchev–Trinajstić information content (AvgIpc) is 2.75. The summed E-state index contributed by atoms with van der Waals surface area (Å²) in [5.41, 5.74) is 1.33. The Morgan fingerprint density at radius 3 is 2.48 bits per heavy atom. The van der Waals surface area contributed by atoms with Crippen molar-refractivity contribution < 1.29 is 14.3 Å². The van der Waals surface area contributed by atoms with Crippen LogP contribution in [0.2, 0.25) is 0 Å². The lowest BCUT2D eigenvalue weighted by Crippen LogP contribution is -2.49. The highest BCUT2D eigenvalue weighted by Gasteiger charge is 2.33. The molecule has 4 rings (SSSR count). The third-order valence-corrected chi connectivity index (χ3v) is 4.70. The molecule has 0 spiro atoms. The van der Waals surface area contributed by atoms with E-state index in [1.54, 1.807) is 19.1 Å². The second-order valence-electron chi connectivity index (χ2n) is 6.77. The van der Waals surface area contributed by atoms with E-state index in [-0.39, 0.29) is 18.0 Å². The van der Waals surface area contributed by atoms with Gasteiger partial charge in [0.15, 0.2) is 11.5 Å². The molecule has 1 amide bonds. The Balaban J connectivity index is 1.35. The molecule has 7 nitrogen and oxygen atoms in total. The highest BCUT2D eigenvalue weighted by molar-refractivity contribution is 5.82. The molecule has 2 aromatic carbocycles. The van der Waals surface area contributed by atoms with E-state index >= 15 is 0 Å². The maximum absolute atomic E-state index is 12.5. The number of ether oxygens (including phenoxy) is 2. The van der Waals surface area contributed by atoms with Crippen molar-refractivity contribution in [1.29, 1.82) is 0 Å². The van der Waals surface area contributed by atoms with Gasteiger partial charge in [0, 0.05) is 24.7 Å². The van der Waals surface area contributed by atoms with Gasteiger partial charge in [-0.05, 0) is 19.1 Å². The summed E-state index contributed by atoms with van der Waals surface area (Å²) in [5.74, 6) is 0.886. The monoisotopic (exact) mass is 391 g/mol. The number of amides is 1. The van der Waals surface area contributed by atoms with Gasteiger partial charge in [0.05, 0.1) is 12.0 Å². The summed E-state index contributed by atoms with van der Waals surface area (Å²) in [7, 11) is 0. The number of para-hydroxylation sites is 2. The van der Waals surface area contributed by atoms with Crippen LogP contribution in [0.1, 0.15) is 6.92 Å². The topological polar surface area (TPSA) is 82.4 Å². The Labute approximate surface area is 167 Å². The van der Waals surface area contributed by atoms with E-state index in [0.717, 1.165) is 5.56 Å². The van der Waals surface area contributed by atoms with Crippen molar-refractivity contribution in [3.63, 3.8) is 0 Å². The number of nitrogens with one attached hydrogen (secondary N) is 1. The summed E-state index contributed by atoms with van der Waals surface area (Å²) in [5, 5.41) is 2.80. The van der Waals surface area contributed by atoms with Gasteiger partial charge in [0.2, 0.25) is 6.10 Å². The van der Waals surface area contributed by atoms with E-state index in [9.17, 15) is 9.59 Å². The first-order valence-corrected chi connectivity index (χ1v) is 9.44. The van der Waals surface area contributed by atoms with Crippen molar-refractivity contribution in [3.8, 4) is 22.8 Å². The van der Waals surface area contributed by atoms with Crippen LogP contribution in [0.15, 0.2) is 71.8 Å². The fraction of sp³-hybridized carbons (Fsp3) is 0.227. The van der Waals surface area contributed by atoms with Crippen LogP contribution < -0.4 is 20.3 Å². The van der Waals surface area contributed by atoms with Crippen LogP contribution in [-0.2, 0) is 11.3 Å². The number of fused-ring (bicyclic) bond motifs is 1. The second kappa shape index (κ2) is 8.18. The minimum atomic E-state index is -0.750. The fourth-order valence-electron chi connectivity index (χ4n) is 3.17. The van der Waals surface area contributed by atoms with Crippen molar-refractivity contribution in [1.82, 2.24) is 14.9 Å². The summed E-state index contributed by atoms with van der Waals surface area (Å²) in [6, 6.07) is 18.2. The smallest absolute Gasteiger partial charge is 0.265 e. The Morgan fingerprint density at radius 2 is 1.76 bits per heavy atom. The molecule has 29 heavy (non-hydrogen) atoms. The third-order valence-electron chi connectivity index (χ3n) is 4.70. The van der Waals surface area contributed by atoms with Gasteiger partial charge in [-0.15, -0.1) is 0 Å². The van der Waals surface area contributed by atoms with Crippen molar-refractivity contribution >= 4 is 5.91 Å². The Morgan fingerprint density at radius 1 is 1.07 bits per heavy atom. The molecule has 1 aliphatic rings. The zero-order chi connectivity index (χ0) is 20.2. The van der Waals surface area contributed by atoms with Crippen molar-refractivity contribution in [2.24, 2.45) is 0 Å². The lowest BCUT2D eigenvalue weighted by atomic mass is 10.1. The molecule has 1 aliphatic heterocycles. The summed E-state index contributed by atoms with van der Waals surface area (Å²) in [4.78, 5) is 29.2. The second-order valence-corrected chi connectivity index (χ2v) is 6.77. The molecule has 2 unspecified atom stereocenters. The molecule has 0 saturated heterocycles. The summed E-state index contributed by atoms with van der Waals surface area (Å²) >= 11 is 0. The molecule has 1 N–H and O–H groups in total. The molecule has 0 fully saturated rings. The molecule has 0 bridgehead atoms. The molecule has 2 atom stereocenters. The van der Waals surface area contributed by atoms with Gasteiger partial charge in [0.1, 0.15) is 6.10 Å². The first-order valence-electron chi connectivity index (χ1n) is 9.44. The van der Waals surface area contributed by atoms with Crippen molar-refractivity contribution in [2.45, 2.75) is 25.7 Å². The van der Waals surface area contributed by atoms with Crippen molar-refractivity contribution in [2.75, 3.05) is 6.54 Å². The van der Waals surface area contributed by atoms with E-state index < -0.39 is 12.2 Å². The van der Waals surface area contributed by atoms with Crippen molar-refractivity contribution in [3.05, 3.63) is 77.3 Å². The van der Waals surface area contributed by atoms with Crippen LogP contribution in [-0.4, -0.2) is 34.2 Å². The van der Waals surface area contributed by atoms with Gasteiger partial charge in [-0.25, -0.2) is 4.98 Å². The standard InChI is InChI=1S/C22H21N3O4/c1-15-21(29-19-10-6-5-9-18(19)28-15)22(27)23-11-12-25-14-24-17(13-20(25)26)16-7-3-2-4-8-16/h2-10,13-15,21H,11-12H2,1H3,(H,23,27). The van der Waals surface area contributed by atoms with Crippen LogP contribution in [0.4, 0.5) is 0 Å². The predicted octanol–water partition coefficient (Wildman–Crippen LogP) is 2.25. The third kappa shape index (κ3) is 4.13. The lowest BCUT2D eigenvalue weighted by molar-refractivity contribution is -0.133. The van der Waals surface area contributed by atoms with Crippen LogP contribution >= 0.6 is 0 Å². The highest BCUT2D eigenvalue weighted by Crippen LogP contribution is 2.33. The molecule has 3 aromatic rings. The van der Waals surface area contributed by atoms with Crippen LogP contribution in [0.25, 0.3) is 11.3 Å². The zero-order valence-corrected chi connectivity index (χ0v) is 15.9. The minimum absolute atomic E-state index is 0.173. The molecule has 2 heterocycles. The molecule has 0 radical (unpaired) electrons. The number of hydrogen-bond acceptors (Lipinski definition) is 5. The molecule has 1 aromatic heterocycles. The van der Waals surface area contributed by atoms with Gasteiger partial charge in [0.25, 0.3) is 11.5 Å². The predicted molar refractivity (Wildman–Crippen MR) is 108 cm³/mol. The number of hydrogen-bond donors (Lipinski definition) is 1. The quantitative estimate of drug-likeness (QED) is 0.721. The molecular weight excluding hydrogens is 370 g/mol. The van der Waals surface area contributed by atoms with Gasteiger partial charge in [-0.3, -0.25) is 14.2 Å². The van der Waals surface area contributed by atoms with Gasteiger partial charge in [-0.1, -0.05) is 42.5 Å². The maximum atomic E-state index is 12.5. The van der Waals surface area contributed by atoms with Gasteiger partial charge >= 0.3 is 0 Å². The zero-order valence-electron chi connectivity index (χ0n) is 15.9.